The molecule has 1 atom stereocenters. The van der Waals surface area contributed by atoms with Crippen LogP contribution in [0.1, 0.15) is 41.0 Å². The monoisotopic (exact) mass is 411 g/mol. The molecule has 1 saturated heterocycles. The lowest BCUT2D eigenvalue weighted by Crippen LogP contribution is -2.35. The first-order valence-corrected chi connectivity index (χ1v) is 10.9. The van der Waals surface area contributed by atoms with Gasteiger partial charge in [-0.05, 0) is 78.1 Å². The van der Waals surface area contributed by atoms with Gasteiger partial charge in [-0.2, -0.15) is 0 Å². The minimum atomic E-state index is -0.194. The van der Waals surface area contributed by atoms with E-state index in [1.165, 1.54) is 11.1 Å². The van der Waals surface area contributed by atoms with E-state index < -0.39 is 0 Å². The molecule has 1 aliphatic carbocycles. The van der Waals surface area contributed by atoms with Gasteiger partial charge in [0.1, 0.15) is 18.0 Å². The molecule has 5 rings (SSSR count). The van der Waals surface area contributed by atoms with Crippen molar-refractivity contribution in [1.82, 2.24) is 13.3 Å². The molecule has 0 amide bonds. The number of rotatable bonds is 3. The third kappa shape index (κ3) is 3.83. The van der Waals surface area contributed by atoms with Crippen molar-refractivity contribution in [3.63, 3.8) is 0 Å². The van der Waals surface area contributed by atoms with Crippen molar-refractivity contribution in [3.8, 4) is 0 Å². The second-order valence-corrected chi connectivity index (χ2v) is 9.06. The molecule has 1 unspecified atom stereocenters. The number of imidazole rings is 1. The van der Waals surface area contributed by atoms with Gasteiger partial charge in [0, 0.05) is 43.5 Å². The molecule has 2 heterocycles. The van der Waals surface area contributed by atoms with Gasteiger partial charge in [0.2, 0.25) is 0 Å². The molecule has 0 bridgehead atoms. The Morgan fingerprint density at radius 3 is 2.28 bits per heavy atom. The molecule has 29 heavy (non-hydrogen) atoms. The highest BCUT2D eigenvalue weighted by Crippen LogP contribution is 2.43. The topological polar surface area (TPSA) is 21.1 Å². The fourth-order valence-electron chi connectivity index (χ4n) is 4.88. The van der Waals surface area contributed by atoms with Crippen molar-refractivity contribution < 1.29 is 8.78 Å². The van der Waals surface area contributed by atoms with Crippen LogP contribution in [0.25, 0.3) is 0 Å². The summed E-state index contributed by atoms with van der Waals surface area (Å²) in [4.78, 5) is 4.13. The van der Waals surface area contributed by atoms with Gasteiger partial charge in [0.15, 0.2) is 0 Å². The maximum absolute atomic E-state index is 14.0. The summed E-state index contributed by atoms with van der Waals surface area (Å²) in [7, 11) is 0. The predicted molar refractivity (Wildman–Crippen MR) is 112 cm³/mol. The van der Waals surface area contributed by atoms with Gasteiger partial charge in [0.05, 0.1) is 0 Å². The molecule has 0 spiro atoms. The number of halogens is 2. The maximum atomic E-state index is 14.0. The van der Waals surface area contributed by atoms with Gasteiger partial charge >= 0.3 is 0 Å². The van der Waals surface area contributed by atoms with Crippen LogP contribution in [0.4, 0.5) is 8.78 Å². The molecule has 0 N–H and O–H groups in total. The second kappa shape index (κ2) is 7.92. The van der Waals surface area contributed by atoms with Gasteiger partial charge in [-0.1, -0.05) is 12.1 Å². The van der Waals surface area contributed by atoms with E-state index in [0.717, 1.165) is 49.9 Å². The molecule has 2 aromatic carbocycles. The molecular formula is C23H23F2N3S. The first-order chi connectivity index (χ1) is 14.2. The minimum Gasteiger partial charge on any atom is -0.267 e. The quantitative estimate of drug-likeness (QED) is 0.552. The molecule has 1 fully saturated rings. The molecule has 6 heteroatoms. The number of nitrogens with zero attached hydrogens (tertiary/aromatic N) is 3. The van der Waals surface area contributed by atoms with Crippen LogP contribution in [0, 0.1) is 17.6 Å². The van der Waals surface area contributed by atoms with Gasteiger partial charge < -0.3 is 0 Å². The zero-order valence-corrected chi connectivity index (χ0v) is 16.9. The number of aromatic nitrogens is 2. The van der Waals surface area contributed by atoms with Crippen molar-refractivity contribution >= 4 is 12.1 Å². The molecule has 3 nitrogen and oxygen atoms in total. The summed E-state index contributed by atoms with van der Waals surface area (Å²) in [6, 6.07) is 10.4. The van der Waals surface area contributed by atoms with Crippen LogP contribution in [-0.2, 0) is 12.8 Å². The fraction of sp³-hybridized carbons (Fsp3) is 0.348. The van der Waals surface area contributed by atoms with Crippen molar-refractivity contribution in [2.75, 3.05) is 13.1 Å². The van der Waals surface area contributed by atoms with Crippen molar-refractivity contribution in [1.29, 1.82) is 0 Å². The van der Waals surface area contributed by atoms with Crippen LogP contribution >= 0.6 is 12.1 Å². The Hall–Kier alpha value is -2.18. The fourth-order valence-corrected chi connectivity index (χ4v) is 5.82. The lowest BCUT2D eigenvalue weighted by atomic mass is 9.75. The van der Waals surface area contributed by atoms with Gasteiger partial charge in [0.25, 0.3) is 0 Å². The van der Waals surface area contributed by atoms with Gasteiger partial charge in [-0.3, -0.25) is 3.97 Å². The summed E-state index contributed by atoms with van der Waals surface area (Å²) in [5.41, 5.74) is 4.53. The average Bonchev–Trinajstić information content (AvgIpc) is 3.17. The predicted octanol–water partition coefficient (Wildman–Crippen LogP) is 5.22. The molecule has 3 aromatic rings. The van der Waals surface area contributed by atoms with E-state index in [-0.39, 0.29) is 17.6 Å². The molecular weight excluding hydrogens is 388 g/mol. The lowest BCUT2D eigenvalue weighted by molar-refractivity contribution is 0.263. The molecule has 1 aromatic heterocycles. The Morgan fingerprint density at radius 2 is 1.66 bits per heavy atom. The SMILES string of the molecule is Fc1ccc2c(c1)CCc1cc(F)ccc1C2C1CCCN(Sn2ccnc2)C1. The maximum Gasteiger partial charge on any atom is 0.123 e. The van der Waals surface area contributed by atoms with Gasteiger partial charge in [-0.25, -0.2) is 18.1 Å². The summed E-state index contributed by atoms with van der Waals surface area (Å²) < 4.78 is 32.4. The highest BCUT2D eigenvalue weighted by Gasteiger charge is 2.34. The van der Waals surface area contributed by atoms with E-state index in [1.807, 2.05) is 28.6 Å². The summed E-state index contributed by atoms with van der Waals surface area (Å²) >= 11 is 1.68. The van der Waals surface area contributed by atoms with Crippen LogP contribution < -0.4 is 0 Å². The first kappa shape index (κ1) is 18.8. The zero-order valence-electron chi connectivity index (χ0n) is 16.1. The number of fused-ring (bicyclic) bond motifs is 2. The lowest BCUT2D eigenvalue weighted by Gasteiger charge is -2.37. The zero-order chi connectivity index (χ0) is 19.8. The number of hydrogen-bond acceptors (Lipinski definition) is 3. The summed E-state index contributed by atoms with van der Waals surface area (Å²) in [5, 5.41) is 0. The molecule has 150 valence electrons. The highest BCUT2D eigenvalue weighted by molar-refractivity contribution is 7.95. The third-order valence-corrected chi connectivity index (χ3v) is 7.09. The molecule has 0 radical (unpaired) electrons. The Balaban J connectivity index is 1.52. The molecule has 2 aliphatic rings. The second-order valence-electron chi connectivity index (χ2n) is 7.96. The van der Waals surface area contributed by atoms with E-state index >= 15 is 0 Å². The highest BCUT2D eigenvalue weighted by atomic mass is 32.2. The third-order valence-electron chi connectivity index (χ3n) is 6.13. The van der Waals surface area contributed by atoms with Crippen molar-refractivity contribution in [2.24, 2.45) is 5.92 Å². The average molecular weight is 412 g/mol. The number of piperidine rings is 1. The van der Waals surface area contributed by atoms with E-state index in [0.29, 0.717) is 5.92 Å². The Morgan fingerprint density at radius 1 is 0.966 bits per heavy atom. The number of benzene rings is 2. The van der Waals surface area contributed by atoms with E-state index in [9.17, 15) is 8.78 Å². The minimum absolute atomic E-state index is 0.162. The van der Waals surface area contributed by atoms with E-state index in [2.05, 4.69) is 9.29 Å². The van der Waals surface area contributed by atoms with E-state index in [4.69, 9.17) is 0 Å². The largest absolute Gasteiger partial charge is 0.267 e. The van der Waals surface area contributed by atoms with Crippen molar-refractivity contribution in [3.05, 3.63) is 89.0 Å². The van der Waals surface area contributed by atoms with Crippen LogP contribution in [0.2, 0.25) is 0 Å². The van der Waals surface area contributed by atoms with Crippen LogP contribution in [0.5, 0.6) is 0 Å². The Kier molecular flexibility index (Phi) is 5.14. The summed E-state index contributed by atoms with van der Waals surface area (Å²) in [6.45, 7) is 1.96. The summed E-state index contributed by atoms with van der Waals surface area (Å²) in [6.07, 6.45) is 9.28. The Bertz CT molecular complexity index is 952. The van der Waals surface area contributed by atoms with Crippen molar-refractivity contribution in [2.45, 2.75) is 31.6 Å². The van der Waals surface area contributed by atoms with Crippen LogP contribution in [0.3, 0.4) is 0 Å². The van der Waals surface area contributed by atoms with Crippen LogP contribution in [-0.4, -0.2) is 26.4 Å². The first-order valence-electron chi connectivity index (χ1n) is 10.2. The normalized spacial score (nSPS) is 20.1. The van der Waals surface area contributed by atoms with Crippen LogP contribution in [0.15, 0.2) is 55.1 Å². The number of aryl methyl sites for hydroxylation is 2. The molecule has 1 aliphatic heterocycles. The number of hydrogen-bond donors (Lipinski definition) is 0. The summed E-state index contributed by atoms with van der Waals surface area (Å²) in [5.74, 6) is 0.169. The van der Waals surface area contributed by atoms with E-state index in [1.54, 1.807) is 42.6 Å². The molecule has 0 saturated carbocycles. The Labute approximate surface area is 174 Å². The standard InChI is InChI=1S/C23H23F2N3S/c24-19-5-7-21-16(12-19)3-4-17-13-20(25)6-8-22(17)23(21)18-2-1-10-27(14-18)29-28-11-9-26-15-28/h5-9,11-13,15,18,23H,1-4,10,14H2. The smallest absolute Gasteiger partial charge is 0.123 e. The van der Waals surface area contributed by atoms with Gasteiger partial charge in [-0.15, -0.1) is 0 Å².